The van der Waals surface area contributed by atoms with Gasteiger partial charge in [-0.25, -0.2) is 0 Å². The number of amides is 2. The molecule has 2 aliphatic rings. The highest BCUT2D eigenvalue weighted by Crippen LogP contribution is 2.34. The van der Waals surface area contributed by atoms with E-state index in [-0.39, 0.29) is 29.2 Å². The fourth-order valence-corrected chi connectivity index (χ4v) is 5.23. The molecular weight excluding hydrogens is 412 g/mol. The van der Waals surface area contributed by atoms with Crippen LogP contribution in [0.5, 0.6) is 5.75 Å². The lowest BCUT2D eigenvalue weighted by Crippen LogP contribution is -2.47. The number of benzene rings is 3. The van der Waals surface area contributed by atoms with Crippen molar-refractivity contribution in [2.24, 2.45) is 0 Å². The summed E-state index contributed by atoms with van der Waals surface area (Å²) in [6.45, 7) is 2.66. The Morgan fingerprint density at radius 3 is 1.97 bits per heavy atom. The van der Waals surface area contributed by atoms with Gasteiger partial charge in [0.2, 0.25) is 0 Å². The van der Waals surface area contributed by atoms with Crippen LogP contribution in [-0.2, 0) is 0 Å². The second-order valence-electron chi connectivity index (χ2n) is 8.92. The Morgan fingerprint density at radius 2 is 1.39 bits per heavy atom. The van der Waals surface area contributed by atoms with E-state index in [4.69, 9.17) is 0 Å². The number of phenolic OH excluding ortho intramolecular Hbond substituents is 1. The van der Waals surface area contributed by atoms with Crippen LogP contribution < -0.4 is 0 Å². The maximum atomic E-state index is 12.9. The lowest BCUT2D eigenvalue weighted by atomic mass is 9.88. The van der Waals surface area contributed by atoms with E-state index in [1.54, 1.807) is 12.1 Å². The molecule has 0 unspecified atom stereocenters. The lowest BCUT2D eigenvalue weighted by molar-refractivity contribution is 0.0501. The highest BCUT2D eigenvalue weighted by Gasteiger charge is 2.42. The lowest BCUT2D eigenvalue weighted by Gasteiger charge is -2.36. The first-order valence-corrected chi connectivity index (χ1v) is 11.7. The Hall–Kier alpha value is -3.44. The summed E-state index contributed by atoms with van der Waals surface area (Å²) in [6.07, 6.45) is 2.53. The molecule has 5 heteroatoms. The van der Waals surface area contributed by atoms with Crippen molar-refractivity contribution in [3.05, 3.63) is 101 Å². The van der Waals surface area contributed by atoms with Crippen molar-refractivity contribution >= 4 is 11.8 Å². The summed E-state index contributed by atoms with van der Waals surface area (Å²) >= 11 is 0. The van der Waals surface area contributed by atoms with Gasteiger partial charge in [-0.05, 0) is 49.1 Å². The molecule has 33 heavy (non-hydrogen) atoms. The predicted molar refractivity (Wildman–Crippen MR) is 127 cm³/mol. The first-order chi connectivity index (χ1) is 16.1. The normalized spacial score (nSPS) is 17.1. The van der Waals surface area contributed by atoms with E-state index in [0.29, 0.717) is 11.5 Å². The van der Waals surface area contributed by atoms with Crippen LogP contribution in [0.2, 0.25) is 0 Å². The number of hydrogen-bond donors (Lipinski definition) is 1. The van der Waals surface area contributed by atoms with Gasteiger partial charge in [0.1, 0.15) is 5.75 Å². The van der Waals surface area contributed by atoms with Gasteiger partial charge in [-0.15, -0.1) is 0 Å². The Labute approximate surface area is 194 Å². The van der Waals surface area contributed by atoms with E-state index in [1.807, 2.05) is 0 Å². The molecule has 168 valence electrons. The molecule has 1 saturated heterocycles. The fourth-order valence-electron chi connectivity index (χ4n) is 5.23. The molecule has 1 N–H and O–H groups in total. The maximum Gasteiger partial charge on any atom is 0.265 e. The quantitative estimate of drug-likeness (QED) is 0.566. The first-order valence-electron chi connectivity index (χ1n) is 11.7. The van der Waals surface area contributed by atoms with Crippen LogP contribution in [0.3, 0.4) is 0 Å². The van der Waals surface area contributed by atoms with Crippen molar-refractivity contribution in [3.63, 3.8) is 0 Å². The van der Waals surface area contributed by atoms with Gasteiger partial charge in [0.05, 0.1) is 11.1 Å². The molecule has 3 aromatic rings. The van der Waals surface area contributed by atoms with Gasteiger partial charge >= 0.3 is 0 Å². The zero-order valence-corrected chi connectivity index (χ0v) is 18.6. The molecule has 2 heterocycles. The van der Waals surface area contributed by atoms with Crippen molar-refractivity contribution in [1.29, 1.82) is 0 Å². The van der Waals surface area contributed by atoms with E-state index >= 15 is 0 Å². The van der Waals surface area contributed by atoms with E-state index in [9.17, 15) is 14.7 Å². The minimum Gasteiger partial charge on any atom is -0.507 e. The van der Waals surface area contributed by atoms with Crippen LogP contribution in [0, 0.1) is 0 Å². The average Bonchev–Trinajstić information content (AvgIpc) is 3.12. The second kappa shape index (κ2) is 9.20. The zero-order valence-electron chi connectivity index (χ0n) is 18.6. The molecule has 0 aliphatic carbocycles. The molecule has 3 aromatic carbocycles. The third-order valence-corrected chi connectivity index (χ3v) is 6.98. The number of rotatable bonds is 6. The van der Waals surface area contributed by atoms with Gasteiger partial charge in [-0.1, -0.05) is 66.7 Å². The number of piperidine rings is 1. The van der Waals surface area contributed by atoms with Crippen molar-refractivity contribution in [2.75, 3.05) is 19.6 Å². The van der Waals surface area contributed by atoms with Crippen molar-refractivity contribution in [1.82, 2.24) is 9.80 Å². The zero-order chi connectivity index (χ0) is 22.8. The average molecular weight is 441 g/mol. The van der Waals surface area contributed by atoms with Crippen molar-refractivity contribution < 1.29 is 14.7 Å². The highest BCUT2D eigenvalue weighted by atomic mass is 16.3. The van der Waals surface area contributed by atoms with E-state index in [2.05, 4.69) is 65.6 Å². The van der Waals surface area contributed by atoms with Gasteiger partial charge in [-0.2, -0.15) is 0 Å². The van der Waals surface area contributed by atoms with Gasteiger partial charge in [-0.3, -0.25) is 14.5 Å². The number of phenols is 1. The Balaban J connectivity index is 1.22. The summed E-state index contributed by atoms with van der Waals surface area (Å²) in [4.78, 5) is 29.5. The van der Waals surface area contributed by atoms with Crippen molar-refractivity contribution in [3.8, 4) is 5.75 Å². The molecule has 0 radical (unpaired) electrons. The molecular formula is C28H28N2O3. The highest BCUT2D eigenvalue weighted by molar-refractivity contribution is 6.22. The summed E-state index contributed by atoms with van der Waals surface area (Å²) in [6, 6.07) is 25.8. The maximum absolute atomic E-state index is 12.9. The Bertz CT molecular complexity index is 1100. The number of imide groups is 1. The summed E-state index contributed by atoms with van der Waals surface area (Å²) in [5.74, 6) is -0.416. The Morgan fingerprint density at radius 1 is 0.788 bits per heavy atom. The largest absolute Gasteiger partial charge is 0.507 e. The van der Waals surface area contributed by atoms with Gasteiger partial charge in [0.15, 0.2) is 0 Å². The standard InChI is InChI=1S/C28H28N2O3/c31-25-13-7-12-24-26(25)28(33)30(27(24)32)22-14-17-29(18-15-22)19-16-23(20-8-3-1-4-9-20)21-10-5-2-6-11-21/h1-13,22-23,31H,14-19H2. The molecule has 2 aliphatic heterocycles. The number of carbonyl (C=O) groups is 2. The van der Waals surface area contributed by atoms with E-state index in [1.165, 1.54) is 22.1 Å². The SMILES string of the molecule is O=C1c2cccc(O)c2C(=O)N1C1CCN(CCC(c2ccccc2)c2ccccc2)CC1. The van der Waals surface area contributed by atoms with E-state index in [0.717, 1.165) is 38.9 Å². The van der Waals surface area contributed by atoms with Gasteiger partial charge < -0.3 is 10.0 Å². The van der Waals surface area contributed by atoms with Crippen LogP contribution in [-0.4, -0.2) is 52.4 Å². The number of aromatic hydroxyl groups is 1. The van der Waals surface area contributed by atoms with Crippen LogP contribution in [0.25, 0.3) is 0 Å². The third kappa shape index (κ3) is 4.16. The second-order valence-corrected chi connectivity index (χ2v) is 8.92. The first kappa shape index (κ1) is 21.4. The van der Waals surface area contributed by atoms with Crippen LogP contribution in [0.4, 0.5) is 0 Å². The van der Waals surface area contributed by atoms with Crippen LogP contribution in [0.1, 0.15) is 57.0 Å². The fraction of sp³-hybridized carbons (Fsp3) is 0.286. The minimum atomic E-state index is -0.361. The summed E-state index contributed by atoms with van der Waals surface area (Å²) in [7, 11) is 0. The minimum absolute atomic E-state index is 0.112. The number of fused-ring (bicyclic) bond motifs is 1. The molecule has 0 saturated carbocycles. The molecule has 5 nitrogen and oxygen atoms in total. The number of nitrogens with zero attached hydrogens (tertiary/aromatic N) is 2. The summed E-state index contributed by atoms with van der Waals surface area (Å²) in [5, 5.41) is 10.1. The molecule has 1 fully saturated rings. The summed E-state index contributed by atoms with van der Waals surface area (Å²) < 4.78 is 0. The third-order valence-electron chi connectivity index (χ3n) is 6.98. The van der Waals surface area contributed by atoms with Crippen molar-refractivity contribution in [2.45, 2.75) is 31.2 Å². The molecule has 2 amide bonds. The monoisotopic (exact) mass is 440 g/mol. The Kier molecular flexibility index (Phi) is 5.97. The predicted octanol–water partition coefficient (Wildman–Crippen LogP) is 4.67. The van der Waals surface area contributed by atoms with Gasteiger partial charge in [0, 0.05) is 25.0 Å². The molecule has 0 bridgehead atoms. The number of carbonyl (C=O) groups excluding carboxylic acids is 2. The molecule has 0 spiro atoms. The topological polar surface area (TPSA) is 60.9 Å². The van der Waals surface area contributed by atoms with Crippen LogP contribution in [0.15, 0.2) is 78.9 Å². The number of likely N-dealkylation sites (tertiary alicyclic amines) is 1. The molecule has 5 rings (SSSR count). The smallest absolute Gasteiger partial charge is 0.265 e. The number of hydrogen-bond acceptors (Lipinski definition) is 4. The van der Waals surface area contributed by atoms with Crippen LogP contribution >= 0.6 is 0 Å². The van der Waals surface area contributed by atoms with E-state index < -0.39 is 0 Å². The molecule has 0 aromatic heterocycles. The molecule has 0 atom stereocenters. The van der Waals surface area contributed by atoms with Gasteiger partial charge in [0.25, 0.3) is 11.8 Å². The summed E-state index contributed by atoms with van der Waals surface area (Å²) in [5.41, 5.74) is 3.11.